The van der Waals surface area contributed by atoms with Crippen LogP contribution in [0.2, 0.25) is 0 Å². The number of pyridine rings is 1. The van der Waals surface area contributed by atoms with E-state index in [2.05, 4.69) is 36.5 Å². The van der Waals surface area contributed by atoms with Crippen LogP contribution in [0.15, 0.2) is 64.1 Å². The summed E-state index contributed by atoms with van der Waals surface area (Å²) < 4.78 is 55.8. The Morgan fingerprint density at radius 1 is 1.02 bits per heavy atom. The molecule has 2 aromatic heterocycles. The highest BCUT2D eigenvalue weighted by Gasteiger charge is 2.45. The molecule has 0 fully saturated rings. The van der Waals surface area contributed by atoms with Crippen LogP contribution in [0, 0.1) is 0 Å². The van der Waals surface area contributed by atoms with Crippen molar-refractivity contribution >= 4 is 57.4 Å². The molecular formula is C26H26BrF3N5O4P. The Hall–Kier alpha value is -3.25. The summed E-state index contributed by atoms with van der Waals surface area (Å²) in [4.78, 5) is 40.7. The first-order chi connectivity index (χ1) is 18.7. The van der Waals surface area contributed by atoms with Crippen molar-refractivity contribution < 1.29 is 27.5 Å². The highest BCUT2D eigenvalue weighted by Crippen LogP contribution is 2.60. The van der Waals surface area contributed by atoms with Crippen LogP contribution in [0.3, 0.4) is 0 Å². The molecule has 4 aromatic rings. The van der Waals surface area contributed by atoms with Crippen molar-refractivity contribution in [1.29, 1.82) is 0 Å². The molecule has 9 nitrogen and oxygen atoms in total. The number of alkyl halides is 3. The zero-order valence-electron chi connectivity index (χ0n) is 21.6. The van der Waals surface area contributed by atoms with Gasteiger partial charge < -0.3 is 25.0 Å². The van der Waals surface area contributed by atoms with Gasteiger partial charge in [-0.25, -0.2) is 4.98 Å². The lowest BCUT2D eigenvalue weighted by atomic mass is 9.92. The number of aromatic nitrogens is 3. The Morgan fingerprint density at radius 2 is 1.68 bits per heavy atom. The topological polar surface area (TPSA) is 129 Å². The molecule has 0 aliphatic carbocycles. The molecule has 0 aliphatic rings. The summed E-state index contributed by atoms with van der Waals surface area (Å²) in [6.07, 6.45) is -2.16. The maximum atomic E-state index is 13.9. The van der Waals surface area contributed by atoms with Gasteiger partial charge in [0.1, 0.15) is 11.4 Å². The van der Waals surface area contributed by atoms with Gasteiger partial charge in [0.25, 0.3) is 5.56 Å². The van der Waals surface area contributed by atoms with E-state index in [-0.39, 0.29) is 29.9 Å². The van der Waals surface area contributed by atoms with Gasteiger partial charge in [0.15, 0.2) is 0 Å². The zero-order valence-corrected chi connectivity index (χ0v) is 24.1. The zero-order chi connectivity index (χ0) is 29.5. The molecular weight excluding hydrogens is 614 g/mol. The molecule has 14 heteroatoms. The summed E-state index contributed by atoms with van der Waals surface area (Å²) in [7, 11) is -2.95. The fourth-order valence-corrected chi connectivity index (χ4v) is 6.40. The van der Waals surface area contributed by atoms with E-state index >= 15 is 0 Å². The monoisotopic (exact) mass is 639 g/mol. The van der Waals surface area contributed by atoms with Gasteiger partial charge in [-0.15, -0.1) is 0 Å². The molecule has 0 atom stereocenters. The van der Waals surface area contributed by atoms with E-state index in [4.69, 9.17) is 0 Å². The van der Waals surface area contributed by atoms with E-state index in [1.54, 1.807) is 56.4 Å². The van der Waals surface area contributed by atoms with Crippen molar-refractivity contribution in [2.45, 2.75) is 38.0 Å². The number of hydrogen-bond donors (Lipinski definition) is 4. The van der Waals surface area contributed by atoms with Gasteiger partial charge >= 0.3 is 13.8 Å². The van der Waals surface area contributed by atoms with Crippen molar-refractivity contribution in [3.05, 3.63) is 80.8 Å². The lowest BCUT2D eigenvalue weighted by molar-refractivity contribution is -0.137. The Bertz CT molecular complexity index is 1670. The summed E-state index contributed by atoms with van der Waals surface area (Å²) in [5.41, 5.74) is -0.575. The second-order valence-electron chi connectivity index (χ2n) is 9.18. The summed E-state index contributed by atoms with van der Waals surface area (Å²) in [5, 5.41) is 4.85. The summed E-state index contributed by atoms with van der Waals surface area (Å²) in [6, 6.07) is 11.0. The van der Waals surface area contributed by atoms with Crippen LogP contribution in [-0.2, 0) is 22.9 Å². The highest BCUT2D eigenvalue weighted by atomic mass is 79.9. The van der Waals surface area contributed by atoms with Gasteiger partial charge in [-0.05, 0) is 48.7 Å². The lowest BCUT2D eigenvalue weighted by Crippen LogP contribution is -2.24. The van der Waals surface area contributed by atoms with E-state index in [0.717, 1.165) is 0 Å². The third-order valence-electron chi connectivity index (χ3n) is 6.94. The number of halogens is 4. The first-order valence-corrected chi connectivity index (χ1v) is 14.5. The number of aryl methyl sites for hydroxylation is 1. The van der Waals surface area contributed by atoms with Gasteiger partial charge in [0.2, 0.25) is 5.95 Å². The molecule has 4 N–H and O–H groups in total. The number of nitrogens with one attached hydrogen (secondary N) is 2. The second kappa shape index (κ2) is 11.0. The molecule has 2 heterocycles. The Kier molecular flexibility index (Phi) is 8.15. The van der Waals surface area contributed by atoms with Crippen molar-refractivity contribution in [2.75, 3.05) is 10.6 Å². The fourth-order valence-electron chi connectivity index (χ4n) is 4.63. The molecule has 0 radical (unpaired) electrons. The molecule has 0 bridgehead atoms. The third kappa shape index (κ3) is 5.51. The molecule has 0 amide bonds. The average molecular weight is 640 g/mol. The van der Waals surface area contributed by atoms with Crippen molar-refractivity contribution in [2.24, 2.45) is 7.05 Å². The minimum absolute atomic E-state index is 0.131. The predicted octanol–water partition coefficient (Wildman–Crippen LogP) is 6.79. The number of nitrogens with zero attached hydrogens (tertiary/aromatic N) is 3. The Balaban J connectivity index is 1.73. The highest BCUT2D eigenvalue weighted by molar-refractivity contribution is 9.10. The first-order valence-electron chi connectivity index (χ1n) is 12.1. The number of rotatable bonds is 8. The van der Waals surface area contributed by atoms with Crippen molar-refractivity contribution in [1.82, 2.24) is 14.5 Å². The molecule has 4 rings (SSSR count). The van der Waals surface area contributed by atoms with Gasteiger partial charge in [-0.2, -0.15) is 18.2 Å². The fraction of sp³-hybridized carbons (Fsp3) is 0.269. The molecule has 0 aliphatic heterocycles. The molecule has 0 unspecified atom stereocenters. The van der Waals surface area contributed by atoms with Crippen LogP contribution in [0.4, 0.5) is 36.3 Å². The summed E-state index contributed by atoms with van der Waals surface area (Å²) in [5.74, 6) is -0.724. The summed E-state index contributed by atoms with van der Waals surface area (Å²) >= 11 is 3.37. The SMILES string of the molecule is CCC(CC)(c1ccc(Nc2ncc(C(F)(F)F)c(Nc3ccc(Br)c4ccn(C)c(=O)c34)n2)cc1)P(=O)(O)O. The normalized spacial score (nSPS) is 12.5. The maximum absolute atomic E-state index is 13.9. The van der Waals surface area contributed by atoms with E-state index in [0.29, 0.717) is 27.3 Å². The molecule has 0 saturated carbocycles. The van der Waals surface area contributed by atoms with E-state index in [1.165, 1.54) is 17.7 Å². The molecule has 40 heavy (non-hydrogen) atoms. The lowest BCUT2D eigenvalue weighted by Gasteiger charge is -2.33. The molecule has 2 aromatic carbocycles. The van der Waals surface area contributed by atoms with Crippen LogP contribution in [0.1, 0.15) is 37.8 Å². The predicted molar refractivity (Wildman–Crippen MR) is 151 cm³/mol. The maximum Gasteiger partial charge on any atom is 0.421 e. The summed E-state index contributed by atoms with van der Waals surface area (Å²) in [6.45, 7) is 3.40. The Morgan fingerprint density at radius 3 is 2.25 bits per heavy atom. The molecule has 0 saturated heterocycles. The minimum atomic E-state index is -4.79. The van der Waals surface area contributed by atoms with Crippen LogP contribution in [0.25, 0.3) is 10.8 Å². The van der Waals surface area contributed by atoms with Gasteiger partial charge in [-0.1, -0.05) is 41.9 Å². The van der Waals surface area contributed by atoms with E-state index < -0.39 is 35.9 Å². The quantitative estimate of drug-likeness (QED) is 0.155. The van der Waals surface area contributed by atoms with Crippen molar-refractivity contribution in [3.8, 4) is 0 Å². The minimum Gasteiger partial charge on any atom is -0.339 e. The second-order valence-corrected chi connectivity index (χ2v) is 12.0. The largest absolute Gasteiger partial charge is 0.421 e. The smallest absolute Gasteiger partial charge is 0.339 e. The van der Waals surface area contributed by atoms with Gasteiger partial charge in [-0.3, -0.25) is 9.36 Å². The van der Waals surface area contributed by atoms with E-state index in [1.807, 2.05) is 0 Å². The van der Waals surface area contributed by atoms with Gasteiger partial charge in [0, 0.05) is 35.0 Å². The third-order valence-corrected chi connectivity index (χ3v) is 9.64. The number of anilines is 4. The van der Waals surface area contributed by atoms with Crippen LogP contribution in [0.5, 0.6) is 0 Å². The van der Waals surface area contributed by atoms with Crippen LogP contribution >= 0.6 is 23.5 Å². The van der Waals surface area contributed by atoms with E-state index in [9.17, 15) is 32.3 Å². The van der Waals surface area contributed by atoms with Crippen LogP contribution in [-0.4, -0.2) is 24.3 Å². The number of fused-ring (bicyclic) bond motifs is 1. The molecule has 212 valence electrons. The van der Waals surface area contributed by atoms with Crippen LogP contribution < -0.4 is 16.2 Å². The van der Waals surface area contributed by atoms with Crippen molar-refractivity contribution in [3.63, 3.8) is 0 Å². The standard InChI is InChI=1S/C26H26BrF3N5O4P/c1-4-25(5-2,40(37,38)39)15-6-8-16(9-7-15)32-24-31-14-18(26(28,29)30)22(34-24)33-20-11-10-19(27)17-12-13-35(3)23(36)21(17)20/h6-14H,4-5H2,1-3H3,(H2,37,38,39)(H2,31,32,33,34). The first kappa shape index (κ1) is 29.7. The van der Waals surface area contributed by atoms with Gasteiger partial charge in [0.05, 0.1) is 16.2 Å². The number of benzene rings is 2. The molecule has 0 spiro atoms. The Labute approximate surface area is 235 Å². The number of hydrogen-bond acceptors (Lipinski definition) is 6. The average Bonchev–Trinajstić information content (AvgIpc) is 2.88.